The number of rotatable bonds is 6. The molecule has 0 fully saturated rings. The van der Waals surface area contributed by atoms with Crippen molar-refractivity contribution in [2.45, 2.75) is 61.5 Å². The first-order valence-electron chi connectivity index (χ1n) is 14.1. The van der Waals surface area contributed by atoms with Crippen molar-refractivity contribution in [3.05, 3.63) is 111 Å². The fourth-order valence-corrected chi connectivity index (χ4v) is 8.80. The summed E-state index contributed by atoms with van der Waals surface area (Å²) in [5.74, 6) is 0.612. The Hall–Kier alpha value is -2.87. The number of fused-ring (bicyclic) bond motifs is 2. The SMILES string of the molecule is CN1/C(=C/C=C2\CCC(/C=C/C3=[N+](C)c4ccccc4C3(C)C)=C2Sc2nnc(CS)s2)C(C)(C)c2ccccc21. The highest BCUT2D eigenvalue weighted by Gasteiger charge is 2.42. The van der Waals surface area contributed by atoms with E-state index < -0.39 is 0 Å². The van der Waals surface area contributed by atoms with Crippen LogP contribution < -0.4 is 4.90 Å². The van der Waals surface area contributed by atoms with Crippen LogP contribution in [0.1, 0.15) is 56.7 Å². The van der Waals surface area contributed by atoms with Crippen LogP contribution in [-0.4, -0.2) is 34.6 Å². The lowest BCUT2D eigenvalue weighted by Crippen LogP contribution is -2.26. The van der Waals surface area contributed by atoms with Gasteiger partial charge in [0.25, 0.3) is 0 Å². The largest absolute Gasteiger partial charge is 0.347 e. The average molecular weight is 598 g/mol. The minimum atomic E-state index is -0.0499. The molecule has 3 aliphatic rings. The molecule has 210 valence electrons. The van der Waals surface area contributed by atoms with Crippen LogP contribution in [0, 0.1) is 0 Å². The number of benzene rings is 2. The number of nitrogens with zero attached hydrogens (tertiary/aromatic N) is 4. The van der Waals surface area contributed by atoms with Gasteiger partial charge in [-0.2, -0.15) is 17.2 Å². The normalized spacial score (nSPS) is 21.2. The monoisotopic (exact) mass is 597 g/mol. The number of thioether (sulfide) groups is 1. The Morgan fingerprint density at radius 2 is 1.68 bits per heavy atom. The molecule has 0 bridgehead atoms. The van der Waals surface area contributed by atoms with Gasteiger partial charge in [0, 0.05) is 52.2 Å². The lowest BCUT2D eigenvalue weighted by atomic mass is 9.81. The Balaban J connectivity index is 1.38. The van der Waals surface area contributed by atoms with Crippen molar-refractivity contribution in [1.82, 2.24) is 10.2 Å². The number of thiol groups is 1. The summed E-state index contributed by atoms with van der Waals surface area (Å²) in [6, 6.07) is 17.5. The molecule has 0 saturated heterocycles. The van der Waals surface area contributed by atoms with Gasteiger partial charge >= 0.3 is 0 Å². The molecule has 2 aromatic carbocycles. The molecule has 6 rings (SSSR count). The summed E-state index contributed by atoms with van der Waals surface area (Å²) in [4.78, 5) is 3.64. The molecule has 0 spiro atoms. The predicted octanol–water partition coefficient (Wildman–Crippen LogP) is 8.61. The highest BCUT2D eigenvalue weighted by Crippen LogP contribution is 2.48. The van der Waals surface area contributed by atoms with Crippen molar-refractivity contribution in [1.29, 1.82) is 0 Å². The number of hydrogen-bond donors (Lipinski definition) is 1. The van der Waals surface area contributed by atoms with Crippen LogP contribution in [0.5, 0.6) is 0 Å². The summed E-state index contributed by atoms with van der Waals surface area (Å²) >= 11 is 7.80. The number of anilines is 1. The molecule has 0 radical (unpaired) electrons. The quantitative estimate of drug-likeness (QED) is 0.228. The lowest BCUT2D eigenvalue weighted by molar-refractivity contribution is -0.401. The summed E-state index contributed by atoms with van der Waals surface area (Å²) in [5.41, 5.74) is 10.6. The molecular formula is C34H37N4S3+. The third kappa shape index (κ3) is 4.86. The van der Waals surface area contributed by atoms with Gasteiger partial charge in [-0.25, -0.2) is 0 Å². The maximum Gasteiger partial charge on any atom is 0.209 e. The van der Waals surface area contributed by atoms with Crippen LogP contribution in [-0.2, 0) is 16.6 Å². The van der Waals surface area contributed by atoms with Gasteiger partial charge in [-0.05, 0) is 55.5 Å². The van der Waals surface area contributed by atoms with Crippen LogP contribution in [0.2, 0.25) is 0 Å². The minimum absolute atomic E-state index is 0.0499. The zero-order valence-electron chi connectivity index (χ0n) is 24.6. The van der Waals surface area contributed by atoms with E-state index in [1.165, 1.54) is 50.0 Å². The molecule has 3 aromatic rings. The van der Waals surface area contributed by atoms with Crippen LogP contribution in [0.3, 0.4) is 0 Å². The Morgan fingerprint density at radius 3 is 2.39 bits per heavy atom. The third-order valence-electron chi connectivity index (χ3n) is 8.79. The molecule has 1 aliphatic carbocycles. The number of aromatic nitrogens is 2. The first-order chi connectivity index (χ1) is 19.6. The van der Waals surface area contributed by atoms with Gasteiger partial charge in [-0.3, -0.25) is 0 Å². The van der Waals surface area contributed by atoms with Crippen molar-refractivity contribution in [3.8, 4) is 0 Å². The van der Waals surface area contributed by atoms with Crippen molar-refractivity contribution < 1.29 is 4.58 Å². The van der Waals surface area contributed by atoms with Gasteiger partial charge in [0.05, 0.1) is 5.41 Å². The number of likely N-dealkylation sites (N-methyl/N-ethyl adjacent to an activating group) is 1. The average Bonchev–Trinajstić information content (AvgIpc) is 3.67. The van der Waals surface area contributed by atoms with E-state index in [1.807, 2.05) is 0 Å². The second-order valence-electron chi connectivity index (χ2n) is 11.9. The zero-order valence-corrected chi connectivity index (χ0v) is 27.1. The molecule has 7 heteroatoms. The van der Waals surface area contributed by atoms with Gasteiger partial charge in [0.1, 0.15) is 12.1 Å². The van der Waals surface area contributed by atoms with Crippen LogP contribution in [0.15, 0.2) is 98.9 Å². The topological polar surface area (TPSA) is 32.0 Å². The van der Waals surface area contributed by atoms with E-state index in [1.54, 1.807) is 23.1 Å². The van der Waals surface area contributed by atoms with E-state index in [0.29, 0.717) is 5.75 Å². The molecule has 3 heterocycles. The van der Waals surface area contributed by atoms with Crippen LogP contribution in [0.4, 0.5) is 11.4 Å². The second-order valence-corrected chi connectivity index (χ2v) is 14.6. The molecule has 1 aromatic heterocycles. The van der Waals surface area contributed by atoms with Gasteiger partial charge in [0.2, 0.25) is 5.69 Å². The van der Waals surface area contributed by atoms with Gasteiger partial charge in [-0.15, -0.1) is 10.2 Å². The summed E-state index contributed by atoms with van der Waals surface area (Å²) < 4.78 is 3.31. The number of hydrogen-bond acceptors (Lipinski definition) is 6. The smallest absolute Gasteiger partial charge is 0.209 e. The molecule has 41 heavy (non-hydrogen) atoms. The Morgan fingerprint density at radius 1 is 0.951 bits per heavy atom. The minimum Gasteiger partial charge on any atom is -0.347 e. The molecule has 4 nitrogen and oxygen atoms in total. The second kappa shape index (κ2) is 10.8. The van der Waals surface area contributed by atoms with Gasteiger partial charge < -0.3 is 4.90 Å². The highest BCUT2D eigenvalue weighted by molar-refractivity contribution is 8.05. The van der Waals surface area contributed by atoms with E-state index in [-0.39, 0.29) is 10.8 Å². The molecule has 0 N–H and O–H groups in total. The molecule has 0 unspecified atom stereocenters. The van der Waals surface area contributed by atoms with E-state index in [4.69, 9.17) is 0 Å². The molecule has 0 atom stereocenters. The summed E-state index contributed by atoms with van der Waals surface area (Å²) in [6.45, 7) is 9.29. The van der Waals surface area contributed by atoms with E-state index in [2.05, 4.69) is 147 Å². The fourth-order valence-electron chi connectivity index (χ4n) is 6.55. The maximum atomic E-state index is 4.48. The third-order valence-corrected chi connectivity index (χ3v) is 11.5. The first kappa shape index (κ1) is 28.3. The fraction of sp³-hybridized carbons (Fsp3) is 0.324. The van der Waals surface area contributed by atoms with Crippen molar-refractivity contribution in [2.24, 2.45) is 0 Å². The highest BCUT2D eigenvalue weighted by atomic mass is 32.2. The van der Waals surface area contributed by atoms with Gasteiger partial charge in [-0.1, -0.05) is 85.5 Å². The Bertz CT molecular complexity index is 1680. The van der Waals surface area contributed by atoms with Gasteiger partial charge in [0.15, 0.2) is 10.1 Å². The first-order valence-corrected chi connectivity index (χ1v) is 16.4. The standard InChI is InChI=1S/C34H36N4S3/c1-33(2)24-11-7-9-13-26(24)37(5)28(33)19-17-22-15-16-23(31(22)41-32-36-35-30(21-39)40-32)18-20-29-34(3,4)25-12-8-10-14-27(25)38(29)6/h7-14,17-20H,15-16,21H2,1-6H3/p+1. The van der Waals surface area contributed by atoms with Crippen molar-refractivity contribution in [3.63, 3.8) is 0 Å². The number of allylic oxidation sites excluding steroid dienone is 7. The molecular weight excluding hydrogens is 561 g/mol. The molecule has 2 aliphatic heterocycles. The van der Waals surface area contributed by atoms with Crippen molar-refractivity contribution >= 4 is 52.8 Å². The van der Waals surface area contributed by atoms with E-state index in [0.717, 1.165) is 22.2 Å². The Kier molecular flexibility index (Phi) is 7.41. The zero-order chi connectivity index (χ0) is 28.9. The molecule has 0 saturated carbocycles. The van der Waals surface area contributed by atoms with Crippen molar-refractivity contribution in [2.75, 3.05) is 19.0 Å². The van der Waals surface area contributed by atoms with Crippen LogP contribution in [0.25, 0.3) is 0 Å². The van der Waals surface area contributed by atoms with E-state index in [9.17, 15) is 0 Å². The Labute approximate surface area is 257 Å². The summed E-state index contributed by atoms with van der Waals surface area (Å²) in [7, 11) is 4.36. The predicted molar refractivity (Wildman–Crippen MR) is 178 cm³/mol. The lowest BCUT2D eigenvalue weighted by Gasteiger charge is -2.23. The summed E-state index contributed by atoms with van der Waals surface area (Å²) in [5, 5.41) is 9.76. The van der Waals surface area contributed by atoms with E-state index >= 15 is 0 Å². The molecule has 0 amide bonds. The number of para-hydroxylation sites is 2. The maximum absolute atomic E-state index is 4.48. The summed E-state index contributed by atoms with van der Waals surface area (Å²) in [6.07, 6.45) is 11.4. The van der Waals surface area contributed by atoms with Crippen LogP contribution >= 0.6 is 35.7 Å².